The van der Waals surface area contributed by atoms with Gasteiger partial charge in [0.2, 0.25) is 0 Å². The Morgan fingerprint density at radius 1 is 1.30 bits per heavy atom. The van der Waals surface area contributed by atoms with Crippen LogP contribution >= 0.6 is 39.1 Å². The number of hydrogen-bond donors (Lipinski definition) is 1. The molecule has 0 spiro atoms. The van der Waals surface area contributed by atoms with E-state index in [-0.39, 0.29) is 11.9 Å². The minimum absolute atomic E-state index is 0.140. The summed E-state index contributed by atoms with van der Waals surface area (Å²) in [6.07, 6.45) is 1.74. The van der Waals surface area contributed by atoms with Gasteiger partial charge in [0.1, 0.15) is 5.69 Å². The molecule has 1 aromatic heterocycles. The fourth-order valence-electron chi connectivity index (χ4n) is 1.83. The van der Waals surface area contributed by atoms with Crippen molar-refractivity contribution in [1.29, 1.82) is 0 Å². The van der Waals surface area contributed by atoms with Crippen molar-refractivity contribution in [3.8, 4) is 0 Å². The monoisotopic (exact) mass is 374 g/mol. The van der Waals surface area contributed by atoms with Crippen LogP contribution in [-0.2, 0) is 0 Å². The van der Waals surface area contributed by atoms with Crippen molar-refractivity contribution in [2.45, 2.75) is 19.9 Å². The summed E-state index contributed by atoms with van der Waals surface area (Å²) in [7, 11) is 0. The van der Waals surface area contributed by atoms with Crippen LogP contribution in [0.2, 0.25) is 10.0 Å². The lowest BCUT2D eigenvalue weighted by atomic mass is 10.3. The molecule has 0 unspecified atom stereocenters. The third-order valence-corrected chi connectivity index (χ3v) is 3.81. The molecule has 0 aliphatic rings. The molecule has 106 valence electrons. The second kappa shape index (κ2) is 6.20. The van der Waals surface area contributed by atoms with Gasteiger partial charge in [0, 0.05) is 16.7 Å². The number of carbonyl (C=O) groups is 1. The van der Waals surface area contributed by atoms with E-state index in [4.69, 9.17) is 23.2 Å². The smallest absolute Gasteiger partial charge is 0.272 e. The molecule has 1 aromatic carbocycles. The molecule has 6 heteroatoms. The number of carbonyl (C=O) groups excluding carboxylic acids is 1. The molecular weight excluding hydrogens is 363 g/mol. The van der Waals surface area contributed by atoms with Crippen molar-refractivity contribution < 1.29 is 4.79 Å². The molecule has 2 aromatic rings. The van der Waals surface area contributed by atoms with Gasteiger partial charge in [-0.2, -0.15) is 0 Å². The fraction of sp³-hybridized carbons (Fsp3) is 0.214. The summed E-state index contributed by atoms with van der Waals surface area (Å²) in [6.45, 7) is 3.97. The van der Waals surface area contributed by atoms with Gasteiger partial charge in [-0.15, -0.1) is 0 Å². The van der Waals surface area contributed by atoms with Gasteiger partial charge >= 0.3 is 0 Å². The molecule has 1 N–H and O–H groups in total. The first-order valence-corrected chi connectivity index (χ1v) is 7.57. The third-order valence-electron chi connectivity index (χ3n) is 2.78. The van der Waals surface area contributed by atoms with Crippen molar-refractivity contribution >= 4 is 50.7 Å². The van der Waals surface area contributed by atoms with Crippen molar-refractivity contribution in [3.63, 3.8) is 0 Å². The number of benzene rings is 1. The van der Waals surface area contributed by atoms with Crippen LogP contribution < -0.4 is 5.32 Å². The van der Waals surface area contributed by atoms with E-state index >= 15 is 0 Å². The summed E-state index contributed by atoms with van der Waals surface area (Å²) in [6, 6.07) is 7.07. The van der Waals surface area contributed by atoms with E-state index < -0.39 is 0 Å². The van der Waals surface area contributed by atoms with Crippen LogP contribution in [0.15, 0.2) is 34.9 Å². The zero-order valence-electron chi connectivity index (χ0n) is 11.0. The van der Waals surface area contributed by atoms with Gasteiger partial charge < -0.3 is 9.88 Å². The molecule has 3 nitrogen and oxygen atoms in total. The van der Waals surface area contributed by atoms with Gasteiger partial charge in [-0.1, -0.05) is 39.1 Å². The number of nitrogens with zero attached hydrogens (tertiary/aromatic N) is 1. The highest BCUT2D eigenvalue weighted by Crippen LogP contribution is 2.27. The standard InChI is InChI=1S/C14H13BrCl2N2O/c1-8(2)19-7-10(16)6-13(19)14(20)18-12-5-9(15)3-4-11(12)17/h3-8H,1-2H3,(H,18,20). The van der Waals surface area contributed by atoms with Crippen LogP contribution in [0.1, 0.15) is 30.4 Å². The van der Waals surface area contributed by atoms with E-state index in [1.807, 2.05) is 24.5 Å². The van der Waals surface area contributed by atoms with Crippen LogP contribution in [0.5, 0.6) is 0 Å². The summed E-state index contributed by atoms with van der Waals surface area (Å²) in [5.41, 5.74) is 1.06. The molecule has 0 fully saturated rings. The van der Waals surface area contributed by atoms with E-state index in [9.17, 15) is 4.79 Å². The lowest BCUT2D eigenvalue weighted by molar-refractivity contribution is 0.101. The zero-order valence-corrected chi connectivity index (χ0v) is 14.1. The molecule has 0 aliphatic carbocycles. The summed E-state index contributed by atoms with van der Waals surface area (Å²) in [4.78, 5) is 12.4. The maximum Gasteiger partial charge on any atom is 0.272 e. The Hall–Kier alpha value is -0.970. The van der Waals surface area contributed by atoms with Crippen LogP contribution in [0.25, 0.3) is 0 Å². The van der Waals surface area contributed by atoms with Gasteiger partial charge in [0.05, 0.1) is 15.7 Å². The SMILES string of the molecule is CC(C)n1cc(Cl)cc1C(=O)Nc1cc(Br)ccc1Cl. The van der Waals surface area contributed by atoms with Gasteiger partial charge in [-0.05, 0) is 38.1 Å². The predicted octanol–water partition coefficient (Wildman–Crippen LogP) is 5.39. The lowest BCUT2D eigenvalue weighted by Gasteiger charge is -2.13. The molecule has 1 amide bonds. The predicted molar refractivity (Wildman–Crippen MR) is 86.9 cm³/mol. The second-order valence-corrected chi connectivity index (χ2v) is 6.38. The van der Waals surface area contributed by atoms with Crippen molar-refractivity contribution in [3.05, 3.63) is 50.7 Å². The maximum absolute atomic E-state index is 12.4. The Bertz CT molecular complexity index is 653. The highest BCUT2D eigenvalue weighted by atomic mass is 79.9. The number of aromatic nitrogens is 1. The molecular formula is C14H13BrCl2N2O. The largest absolute Gasteiger partial charge is 0.339 e. The van der Waals surface area contributed by atoms with E-state index in [1.54, 1.807) is 24.4 Å². The Morgan fingerprint density at radius 2 is 2.00 bits per heavy atom. The normalized spacial score (nSPS) is 10.9. The van der Waals surface area contributed by atoms with E-state index in [2.05, 4.69) is 21.2 Å². The molecule has 0 bridgehead atoms. The highest BCUT2D eigenvalue weighted by Gasteiger charge is 2.16. The Balaban J connectivity index is 2.31. The lowest BCUT2D eigenvalue weighted by Crippen LogP contribution is -2.18. The summed E-state index contributed by atoms with van der Waals surface area (Å²) >= 11 is 15.4. The number of anilines is 1. The maximum atomic E-state index is 12.4. The minimum atomic E-state index is -0.245. The van der Waals surface area contributed by atoms with Gasteiger partial charge in [0.25, 0.3) is 5.91 Å². The Labute approximate surface area is 136 Å². The Kier molecular flexibility index (Phi) is 4.78. The van der Waals surface area contributed by atoms with Crippen molar-refractivity contribution in [2.24, 2.45) is 0 Å². The second-order valence-electron chi connectivity index (χ2n) is 4.62. The van der Waals surface area contributed by atoms with Gasteiger partial charge in [-0.3, -0.25) is 4.79 Å². The molecule has 0 saturated carbocycles. The van der Waals surface area contributed by atoms with Gasteiger partial charge in [-0.25, -0.2) is 0 Å². The number of halogens is 3. The van der Waals surface area contributed by atoms with Crippen LogP contribution in [0.3, 0.4) is 0 Å². The molecule has 2 rings (SSSR count). The highest BCUT2D eigenvalue weighted by molar-refractivity contribution is 9.10. The topological polar surface area (TPSA) is 34.0 Å². The molecule has 0 aliphatic heterocycles. The van der Waals surface area contributed by atoms with Gasteiger partial charge in [0.15, 0.2) is 0 Å². The summed E-state index contributed by atoms with van der Waals surface area (Å²) in [5, 5.41) is 3.81. The zero-order chi connectivity index (χ0) is 14.9. The van der Waals surface area contributed by atoms with Crippen molar-refractivity contribution in [1.82, 2.24) is 4.57 Å². The Morgan fingerprint density at radius 3 is 2.65 bits per heavy atom. The van der Waals surface area contributed by atoms with Crippen LogP contribution in [0.4, 0.5) is 5.69 Å². The van der Waals surface area contributed by atoms with E-state index in [0.29, 0.717) is 21.4 Å². The van der Waals surface area contributed by atoms with E-state index in [1.165, 1.54) is 0 Å². The number of nitrogens with one attached hydrogen (secondary N) is 1. The first-order chi connectivity index (χ1) is 9.38. The minimum Gasteiger partial charge on any atom is -0.339 e. The third kappa shape index (κ3) is 3.37. The molecule has 0 atom stereocenters. The number of hydrogen-bond acceptors (Lipinski definition) is 1. The molecule has 0 saturated heterocycles. The summed E-state index contributed by atoms with van der Waals surface area (Å²) < 4.78 is 2.67. The fourth-order valence-corrected chi connectivity index (χ4v) is 2.57. The first kappa shape index (κ1) is 15.4. The molecule has 0 radical (unpaired) electrons. The number of rotatable bonds is 3. The average molecular weight is 376 g/mol. The van der Waals surface area contributed by atoms with Crippen LogP contribution in [0, 0.1) is 0 Å². The molecule has 1 heterocycles. The summed E-state index contributed by atoms with van der Waals surface area (Å²) in [5.74, 6) is -0.245. The number of amides is 1. The quantitative estimate of drug-likeness (QED) is 0.766. The first-order valence-electron chi connectivity index (χ1n) is 6.02. The van der Waals surface area contributed by atoms with Crippen LogP contribution in [-0.4, -0.2) is 10.5 Å². The van der Waals surface area contributed by atoms with E-state index in [0.717, 1.165) is 4.47 Å². The van der Waals surface area contributed by atoms with Crippen molar-refractivity contribution in [2.75, 3.05) is 5.32 Å². The molecule has 20 heavy (non-hydrogen) atoms. The average Bonchev–Trinajstić information content (AvgIpc) is 2.76.